The highest BCUT2D eigenvalue weighted by atomic mass is 16.1. The van der Waals surface area contributed by atoms with Gasteiger partial charge >= 0.3 is 0 Å². The standard InChI is InChI=1S/C29H25N7O/c1-18-9-10-21(35-28(37)19-6-4-7-20(14-19)29(2,3)16-30)15-24(18)36-27-22(8-5-12-31-27)25-23-11-13-32-26(23)34-17-33-25/h4-15,17H,1-3H3,(H,31,36)(H,35,37)(H,32,33,34). The third kappa shape index (κ3) is 4.75. The second-order valence-corrected chi connectivity index (χ2v) is 9.29. The van der Waals surface area contributed by atoms with E-state index in [1.165, 1.54) is 6.33 Å². The van der Waals surface area contributed by atoms with E-state index in [1.54, 1.807) is 24.4 Å². The summed E-state index contributed by atoms with van der Waals surface area (Å²) in [6.45, 7) is 5.64. The summed E-state index contributed by atoms with van der Waals surface area (Å²) < 4.78 is 0. The van der Waals surface area contributed by atoms with E-state index in [0.717, 1.165) is 39.1 Å². The number of nitriles is 1. The van der Waals surface area contributed by atoms with Crippen LogP contribution in [-0.4, -0.2) is 25.8 Å². The average molecular weight is 488 g/mol. The number of carbonyl (C=O) groups is 1. The van der Waals surface area contributed by atoms with Crippen LogP contribution < -0.4 is 10.6 Å². The lowest BCUT2D eigenvalue weighted by Gasteiger charge is -2.17. The number of aryl methyl sites for hydroxylation is 1. The Kier molecular flexibility index (Phi) is 6.12. The first-order chi connectivity index (χ1) is 17.9. The molecular formula is C29H25N7O. The Morgan fingerprint density at radius 2 is 1.89 bits per heavy atom. The number of fused-ring (bicyclic) bond motifs is 1. The number of aromatic nitrogens is 4. The van der Waals surface area contributed by atoms with Crippen molar-refractivity contribution >= 4 is 34.1 Å². The Bertz CT molecular complexity index is 1660. The smallest absolute Gasteiger partial charge is 0.255 e. The van der Waals surface area contributed by atoms with Crippen LogP contribution in [0.1, 0.15) is 35.3 Å². The quantitative estimate of drug-likeness (QED) is 0.265. The first-order valence-electron chi connectivity index (χ1n) is 11.8. The Balaban J connectivity index is 1.43. The molecule has 8 heteroatoms. The number of amides is 1. The van der Waals surface area contributed by atoms with Crippen LogP contribution in [0.25, 0.3) is 22.3 Å². The first kappa shape index (κ1) is 23.7. The highest BCUT2D eigenvalue weighted by Crippen LogP contribution is 2.33. The number of aromatic amines is 1. The van der Waals surface area contributed by atoms with Gasteiger partial charge in [-0.15, -0.1) is 0 Å². The lowest BCUT2D eigenvalue weighted by Crippen LogP contribution is -2.17. The predicted molar refractivity (Wildman–Crippen MR) is 145 cm³/mol. The van der Waals surface area contributed by atoms with Crippen LogP contribution in [0.15, 0.2) is 79.4 Å². The van der Waals surface area contributed by atoms with Crippen LogP contribution in [0.2, 0.25) is 0 Å². The number of nitrogens with zero attached hydrogens (tertiary/aromatic N) is 4. The van der Waals surface area contributed by atoms with Gasteiger partial charge in [-0.25, -0.2) is 15.0 Å². The van der Waals surface area contributed by atoms with E-state index in [1.807, 2.05) is 69.4 Å². The number of pyridine rings is 1. The zero-order chi connectivity index (χ0) is 26.0. The summed E-state index contributed by atoms with van der Waals surface area (Å²) in [5.74, 6) is 0.390. The third-order valence-corrected chi connectivity index (χ3v) is 6.29. The highest BCUT2D eigenvalue weighted by molar-refractivity contribution is 6.04. The number of carbonyl (C=O) groups excluding carboxylic acids is 1. The number of hydrogen-bond donors (Lipinski definition) is 3. The summed E-state index contributed by atoms with van der Waals surface area (Å²) in [7, 11) is 0. The third-order valence-electron chi connectivity index (χ3n) is 6.29. The SMILES string of the molecule is Cc1ccc(NC(=O)c2cccc(C(C)(C)C#N)c2)cc1Nc1ncccc1-c1ncnc2[nH]ccc12. The van der Waals surface area contributed by atoms with Gasteiger partial charge < -0.3 is 15.6 Å². The second kappa shape index (κ2) is 9.55. The van der Waals surface area contributed by atoms with E-state index < -0.39 is 5.41 Å². The molecule has 5 rings (SSSR count). The Morgan fingerprint density at radius 1 is 1.03 bits per heavy atom. The molecule has 0 aliphatic carbocycles. The normalized spacial score (nSPS) is 11.2. The van der Waals surface area contributed by atoms with Crippen molar-refractivity contribution in [3.8, 4) is 17.3 Å². The molecule has 0 radical (unpaired) electrons. The fourth-order valence-corrected chi connectivity index (χ4v) is 4.06. The zero-order valence-electron chi connectivity index (χ0n) is 20.7. The van der Waals surface area contributed by atoms with Crippen LogP contribution in [-0.2, 0) is 5.41 Å². The molecule has 5 aromatic rings. The minimum atomic E-state index is -0.687. The number of benzene rings is 2. The number of rotatable bonds is 6. The molecule has 0 aliphatic heterocycles. The molecule has 0 unspecified atom stereocenters. The number of H-pyrrole nitrogens is 1. The number of hydrogen-bond acceptors (Lipinski definition) is 6. The van der Waals surface area contributed by atoms with Crippen LogP contribution >= 0.6 is 0 Å². The van der Waals surface area contributed by atoms with Gasteiger partial charge in [-0.05, 0) is 74.4 Å². The van der Waals surface area contributed by atoms with Crippen molar-refractivity contribution in [1.29, 1.82) is 5.26 Å². The molecule has 0 bridgehead atoms. The molecule has 2 aromatic carbocycles. The van der Waals surface area contributed by atoms with Crippen molar-refractivity contribution in [2.75, 3.05) is 10.6 Å². The van der Waals surface area contributed by atoms with Gasteiger partial charge in [0.15, 0.2) is 0 Å². The summed E-state index contributed by atoms with van der Waals surface area (Å²) >= 11 is 0. The second-order valence-electron chi connectivity index (χ2n) is 9.29. The van der Waals surface area contributed by atoms with Crippen molar-refractivity contribution in [2.24, 2.45) is 0 Å². The van der Waals surface area contributed by atoms with Crippen LogP contribution in [0.4, 0.5) is 17.2 Å². The molecule has 8 nitrogen and oxygen atoms in total. The molecule has 0 fully saturated rings. The molecule has 1 amide bonds. The van der Waals surface area contributed by atoms with Gasteiger partial charge in [0.25, 0.3) is 5.91 Å². The van der Waals surface area contributed by atoms with Crippen molar-refractivity contribution in [2.45, 2.75) is 26.2 Å². The van der Waals surface area contributed by atoms with Gasteiger partial charge in [-0.1, -0.05) is 18.2 Å². The largest absolute Gasteiger partial charge is 0.346 e. The van der Waals surface area contributed by atoms with E-state index in [-0.39, 0.29) is 5.91 Å². The average Bonchev–Trinajstić information content (AvgIpc) is 3.40. The van der Waals surface area contributed by atoms with E-state index in [4.69, 9.17) is 0 Å². The first-order valence-corrected chi connectivity index (χ1v) is 11.8. The molecule has 182 valence electrons. The van der Waals surface area contributed by atoms with Crippen LogP contribution in [0.5, 0.6) is 0 Å². The predicted octanol–water partition coefficient (Wildman–Crippen LogP) is 6.13. The summed E-state index contributed by atoms with van der Waals surface area (Å²) in [5.41, 5.74) is 5.37. The van der Waals surface area contributed by atoms with Crippen LogP contribution in [0.3, 0.4) is 0 Å². The summed E-state index contributed by atoms with van der Waals surface area (Å²) in [6.07, 6.45) is 5.08. The lowest BCUT2D eigenvalue weighted by atomic mass is 9.85. The van der Waals surface area contributed by atoms with Crippen molar-refractivity contribution in [1.82, 2.24) is 19.9 Å². The fraction of sp³-hybridized carbons (Fsp3) is 0.138. The topological polar surface area (TPSA) is 119 Å². The molecule has 37 heavy (non-hydrogen) atoms. The molecule has 3 aromatic heterocycles. The maximum Gasteiger partial charge on any atom is 0.255 e. The minimum absolute atomic E-state index is 0.250. The molecule has 0 saturated carbocycles. The molecule has 3 N–H and O–H groups in total. The molecular weight excluding hydrogens is 462 g/mol. The maximum atomic E-state index is 13.0. The monoisotopic (exact) mass is 487 g/mol. The van der Waals surface area contributed by atoms with E-state index in [9.17, 15) is 10.1 Å². The van der Waals surface area contributed by atoms with Gasteiger partial charge in [0.2, 0.25) is 0 Å². The molecule has 0 spiro atoms. The molecule has 0 atom stereocenters. The van der Waals surface area contributed by atoms with Gasteiger partial charge in [0.05, 0.1) is 17.2 Å². The Morgan fingerprint density at radius 3 is 2.73 bits per heavy atom. The maximum absolute atomic E-state index is 13.0. The van der Waals surface area contributed by atoms with Gasteiger partial charge in [-0.3, -0.25) is 4.79 Å². The van der Waals surface area contributed by atoms with Crippen LogP contribution in [0, 0.1) is 18.3 Å². The summed E-state index contributed by atoms with van der Waals surface area (Å²) in [5, 5.41) is 16.7. The Hall–Kier alpha value is -5.03. The summed E-state index contributed by atoms with van der Waals surface area (Å²) in [6, 6.07) is 20.9. The zero-order valence-corrected chi connectivity index (χ0v) is 20.7. The van der Waals surface area contributed by atoms with Gasteiger partial charge in [-0.2, -0.15) is 5.26 Å². The summed E-state index contributed by atoms with van der Waals surface area (Å²) in [4.78, 5) is 29.5. The van der Waals surface area contributed by atoms with Crippen molar-refractivity contribution < 1.29 is 4.79 Å². The van der Waals surface area contributed by atoms with Crippen molar-refractivity contribution in [3.63, 3.8) is 0 Å². The lowest BCUT2D eigenvalue weighted by molar-refractivity contribution is 0.102. The fourth-order valence-electron chi connectivity index (χ4n) is 4.06. The minimum Gasteiger partial charge on any atom is -0.346 e. The highest BCUT2D eigenvalue weighted by Gasteiger charge is 2.21. The number of anilines is 3. The van der Waals surface area contributed by atoms with Gasteiger partial charge in [0, 0.05) is 40.3 Å². The van der Waals surface area contributed by atoms with Gasteiger partial charge in [0.1, 0.15) is 17.8 Å². The molecule has 3 heterocycles. The molecule has 0 saturated heterocycles. The van der Waals surface area contributed by atoms with Crippen molar-refractivity contribution in [3.05, 3.63) is 96.1 Å². The van der Waals surface area contributed by atoms with E-state index >= 15 is 0 Å². The van der Waals surface area contributed by atoms with E-state index in [2.05, 4.69) is 36.6 Å². The van der Waals surface area contributed by atoms with E-state index in [0.29, 0.717) is 17.1 Å². The Labute approximate surface area is 214 Å². The molecule has 0 aliphatic rings. The number of nitrogens with one attached hydrogen (secondary N) is 3.